The smallest absolute Gasteiger partial charge is 0.410 e. The minimum atomic E-state index is -1.04. The lowest BCUT2D eigenvalue weighted by Gasteiger charge is -2.26. The van der Waals surface area contributed by atoms with Gasteiger partial charge in [0.05, 0.1) is 0 Å². The van der Waals surface area contributed by atoms with Gasteiger partial charge in [-0.25, -0.2) is 4.79 Å². The lowest BCUT2D eigenvalue weighted by molar-refractivity contribution is -0.138. The molecule has 19 heavy (non-hydrogen) atoms. The number of hydrogen-bond donors (Lipinski definition) is 1. The normalized spacial score (nSPS) is 11.1. The van der Waals surface area contributed by atoms with Gasteiger partial charge in [-0.2, -0.15) is 0 Å². The van der Waals surface area contributed by atoms with E-state index in [-0.39, 0.29) is 6.54 Å². The summed E-state index contributed by atoms with van der Waals surface area (Å²) in [6, 6.07) is 3.88. The Bertz CT molecular complexity index is 422. The molecule has 0 saturated carbocycles. The fourth-order valence-electron chi connectivity index (χ4n) is 1.42. The molecule has 0 aromatic carbocycles. The van der Waals surface area contributed by atoms with Gasteiger partial charge in [0.25, 0.3) is 0 Å². The van der Waals surface area contributed by atoms with Gasteiger partial charge in [0.2, 0.25) is 0 Å². The van der Waals surface area contributed by atoms with Gasteiger partial charge in [-0.15, -0.1) is 11.3 Å². The second-order valence-electron chi connectivity index (χ2n) is 5.12. The summed E-state index contributed by atoms with van der Waals surface area (Å²) in [5.41, 5.74) is -0.628. The third-order valence-corrected chi connectivity index (χ3v) is 3.12. The second kappa shape index (κ2) is 6.56. The monoisotopic (exact) mass is 285 g/mol. The molecule has 0 atom stereocenters. The predicted molar refractivity (Wildman–Crippen MR) is 73.5 cm³/mol. The van der Waals surface area contributed by atoms with E-state index >= 15 is 0 Å². The molecule has 0 aliphatic carbocycles. The molecular formula is C13H19NO4S. The molecule has 1 rings (SSSR count). The van der Waals surface area contributed by atoms with Gasteiger partial charge >= 0.3 is 12.1 Å². The van der Waals surface area contributed by atoms with Crippen LogP contribution in [0.15, 0.2) is 17.5 Å². The van der Waals surface area contributed by atoms with Crippen LogP contribution < -0.4 is 0 Å². The van der Waals surface area contributed by atoms with E-state index in [1.54, 1.807) is 32.1 Å². The van der Waals surface area contributed by atoms with E-state index in [0.717, 1.165) is 4.88 Å². The summed E-state index contributed by atoms with van der Waals surface area (Å²) in [6.07, 6.45) is 0.0379. The summed E-state index contributed by atoms with van der Waals surface area (Å²) >= 11 is 1.58. The fourth-order valence-corrected chi connectivity index (χ4v) is 2.12. The summed E-state index contributed by atoms with van der Waals surface area (Å²) < 4.78 is 5.20. The van der Waals surface area contributed by atoms with Gasteiger partial charge in [-0.3, -0.25) is 9.69 Å². The minimum Gasteiger partial charge on any atom is -0.480 e. The van der Waals surface area contributed by atoms with E-state index in [4.69, 9.17) is 9.84 Å². The number of carbonyl (C=O) groups is 2. The maximum atomic E-state index is 11.9. The number of rotatable bonds is 5. The molecule has 1 N–H and O–H groups in total. The zero-order chi connectivity index (χ0) is 14.5. The summed E-state index contributed by atoms with van der Waals surface area (Å²) in [6.45, 7) is 5.25. The first kappa shape index (κ1) is 15.5. The van der Waals surface area contributed by atoms with Crippen molar-refractivity contribution in [1.82, 2.24) is 4.90 Å². The molecule has 1 aromatic heterocycles. The SMILES string of the molecule is CC(C)(C)OC(=O)N(CCc1cccs1)CC(=O)O. The molecule has 5 nitrogen and oxygen atoms in total. The van der Waals surface area contributed by atoms with Gasteiger partial charge in [0.15, 0.2) is 0 Å². The van der Waals surface area contributed by atoms with Crippen molar-refractivity contribution in [2.75, 3.05) is 13.1 Å². The number of aliphatic carboxylic acids is 1. The zero-order valence-electron chi connectivity index (χ0n) is 11.4. The first-order chi connectivity index (χ1) is 8.78. The van der Waals surface area contributed by atoms with Crippen LogP contribution in [0, 0.1) is 0 Å². The zero-order valence-corrected chi connectivity index (χ0v) is 12.2. The highest BCUT2D eigenvalue weighted by atomic mass is 32.1. The molecule has 106 valence electrons. The average Bonchev–Trinajstić information content (AvgIpc) is 2.73. The number of amides is 1. The molecule has 0 spiro atoms. The minimum absolute atomic E-state index is 0.335. The summed E-state index contributed by atoms with van der Waals surface area (Å²) in [5.74, 6) is -1.04. The Hall–Kier alpha value is -1.56. The number of ether oxygens (including phenoxy) is 1. The Kier molecular flexibility index (Phi) is 5.35. The molecular weight excluding hydrogens is 266 g/mol. The topological polar surface area (TPSA) is 66.8 Å². The third-order valence-electron chi connectivity index (χ3n) is 2.19. The van der Waals surface area contributed by atoms with Crippen LogP contribution in [0.5, 0.6) is 0 Å². The van der Waals surface area contributed by atoms with E-state index in [9.17, 15) is 9.59 Å². The number of nitrogens with zero attached hydrogens (tertiary/aromatic N) is 1. The van der Waals surface area contributed by atoms with E-state index in [1.807, 2.05) is 17.5 Å². The summed E-state index contributed by atoms with van der Waals surface area (Å²) in [7, 11) is 0. The Morgan fingerprint density at radius 2 is 2.11 bits per heavy atom. The van der Waals surface area contributed by atoms with Gasteiger partial charge in [-0.05, 0) is 38.6 Å². The number of thiophene rings is 1. The lowest BCUT2D eigenvalue weighted by atomic mass is 10.2. The highest BCUT2D eigenvalue weighted by Gasteiger charge is 2.23. The highest BCUT2D eigenvalue weighted by molar-refractivity contribution is 7.09. The van der Waals surface area contributed by atoms with Crippen molar-refractivity contribution in [2.45, 2.75) is 32.8 Å². The van der Waals surface area contributed by atoms with Crippen molar-refractivity contribution in [3.63, 3.8) is 0 Å². The molecule has 1 heterocycles. The molecule has 1 amide bonds. The molecule has 6 heteroatoms. The summed E-state index contributed by atoms with van der Waals surface area (Å²) in [5, 5.41) is 10.8. The van der Waals surface area contributed by atoms with E-state index < -0.39 is 17.7 Å². The van der Waals surface area contributed by atoms with Crippen molar-refractivity contribution >= 4 is 23.4 Å². The van der Waals surface area contributed by atoms with Crippen LogP contribution in [0.1, 0.15) is 25.6 Å². The van der Waals surface area contributed by atoms with Crippen LogP contribution in [0.4, 0.5) is 4.79 Å². The quantitative estimate of drug-likeness (QED) is 0.903. The average molecular weight is 285 g/mol. The van der Waals surface area contributed by atoms with Gasteiger partial charge < -0.3 is 9.84 Å². The summed E-state index contributed by atoms with van der Waals surface area (Å²) in [4.78, 5) is 25.0. The van der Waals surface area contributed by atoms with Gasteiger partial charge in [0.1, 0.15) is 12.1 Å². The lowest BCUT2D eigenvalue weighted by Crippen LogP contribution is -2.40. The number of carboxylic acids is 1. The van der Waals surface area contributed by atoms with Crippen LogP contribution in [-0.4, -0.2) is 40.8 Å². The Labute approximate surface area is 116 Å². The largest absolute Gasteiger partial charge is 0.480 e. The van der Waals surface area contributed by atoms with Crippen LogP contribution >= 0.6 is 11.3 Å². The molecule has 0 aliphatic heterocycles. The van der Waals surface area contributed by atoms with Crippen molar-refractivity contribution in [3.8, 4) is 0 Å². The standard InChI is InChI=1S/C13H19NO4S/c1-13(2,3)18-12(17)14(9-11(15)16)7-6-10-5-4-8-19-10/h4-5,8H,6-7,9H2,1-3H3,(H,15,16). The Morgan fingerprint density at radius 3 is 2.58 bits per heavy atom. The van der Waals surface area contributed by atoms with Crippen molar-refractivity contribution < 1.29 is 19.4 Å². The molecule has 0 unspecified atom stereocenters. The van der Waals surface area contributed by atoms with Crippen LogP contribution in [-0.2, 0) is 16.0 Å². The van der Waals surface area contributed by atoms with Gasteiger partial charge in [0, 0.05) is 11.4 Å². The fraction of sp³-hybridized carbons (Fsp3) is 0.538. The highest BCUT2D eigenvalue weighted by Crippen LogP contribution is 2.13. The first-order valence-electron chi connectivity index (χ1n) is 6.00. The third kappa shape index (κ3) is 6.24. The number of hydrogen-bond acceptors (Lipinski definition) is 4. The van der Waals surface area contributed by atoms with Gasteiger partial charge in [-0.1, -0.05) is 6.07 Å². The predicted octanol–water partition coefficient (Wildman–Crippen LogP) is 2.61. The van der Waals surface area contributed by atoms with Crippen LogP contribution in [0.3, 0.4) is 0 Å². The Morgan fingerprint density at radius 1 is 1.42 bits per heavy atom. The molecule has 0 aliphatic rings. The van der Waals surface area contributed by atoms with Crippen molar-refractivity contribution in [2.24, 2.45) is 0 Å². The molecule has 0 saturated heterocycles. The van der Waals surface area contributed by atoms with Crippen LogP contribution in [0.25, 0.3) is 0 Å². The van der Waals surface area contributed by atoms with E-state index in [0.29, 0.717) is 13.0 Å². The van der Waals surface area contributed by atoms with E-state index in [1.165, 1.54) is 4.90 Å². The Balaban J connectivity index is 2.60. The number of carbonyl (C=O) groups excluding carboxylic acids is 1. The molecule has 0 fully saturated rings. The molecule has 1 aromatic rings. The maximum Gasteiger partial charge on any atom is 0.410 e. The van der Waals surface area contributed by atoms with Crippen molar-refractivity contribution in [3.05, 3.63) is 22.4 Å². The molecule has 0 bridgehead atoms. The van der Waals surface area contributed by atoms with E-state index in [2.05, 4.69) is 0 Å². The number of carboxylic acid groups (broad SMARTS) is 1. The first-order valence-corrected chi connectivity index (χ1v) is 6.88. The van der Waals surface area contributed by atoms with Crippen molar-refractivity contribution in [1.29, 1.82) is 0 Å². The second-order valence-corrected chi connectivity index (χ2v) is 6.16. The van der Waals surface area contributed by atoms with Crippen LogP contribution in [0.2, 0.25) is 0 Å². The maximum absolute atomic E-state index is 11.9. The molecule has 0 radical (unpaired) electrons.